The van der Waals surface area contributed by atoms with Gasteiger partial charge in [-0.25, -0.2) is 22.9 Å². The van der Waals surface area contributed by atoms with Crippen LogP contribution in [0.5, 0.6) is 0 Å². The lowest BCUT2D eigenvalue weighted by atomic mass is 9.94. The molecule has 0 aliphatic heterocycles. The van der Waals surface area contributed by atoms with E-state index in [9.17, 15) is 32.7 Å². The molecule has 2 aliphatic carbocycles. The van der Waals surface area contributed by atoms with E-state index in [1.54, 1.807) is 47.7 Å². The van der Waals surface area contributed by atoms with Gasteiger partial charge in [-0.05, 0) is 63.2 Å². The summed E-state index contributed by atoms with van der Waals surface area (Å²) in [5.41, 5.74) is 6.98. The molecule has 1 aromatic carbocycles. The number of primary amides is 1. The summed E-state index contributed by atoms with van der Waals surface area (Å²) in [4.78, 5) is 53.4. The topological polar surface area (TPSA) is 201 Å². The van der Waals surface area contributed by atoms with E-state index in [0.717, 1.165) is 12.7 Å². The first-order valence-electron chi connectivity index (χ1n) is 14.4. The molecule has 0 radical (unpaired) electrons. The maximum Gasteiger partial charge on any atom is 0.425 e. The number of thiazole rings is 1. The molecule has 0 saturated heterocycles. The van der Waals surface area contributed by atoms with Crippen molar-refractivity contribution in [3.63, 3.8) is 0 Å². The summed E-state index contributed by atoms with van der Waals surface area (Å²) in [6, 6.07) is 6.59. The summed E-state index contributed by atoms with van der Waals surface area (Å²) in [6.45, 7) is 0.517. The second kappa shape index (κ2) is 14.2. The van der Waals surface area contributed by atoms with Crippen LogP contribution in [0.1, 0.15) is 56.4 Å². The first kappa shape index (κ1) is 32.9. The van der Waals surface area contributed by atoms with Crippen LogP contribution in [0.15, 0.2) is 42.0 Å². The largest absolute Gasteiger partial charge is 0.530 e. The number of aromatic nitrogens is 1. The first-order valence-corrected chi connectivity index (χ1v) is 16.7. The Morgan fingerprint density at radius 3 is 2.66 bits per heavy atom. The fourth-order valence-electron chi connectivity index (χ4n) is 5.37. The Morgan fingerprint density at radius 2 is 1.95 bits per heavy atom. The fraction of sp³-hybridized carbons (Fsp3) is 0.483. The van der Waals surface area contributed by atoms with E-state index in [0.29, 0.717) is 73.4 Å². The summed E-state index contributed by atoms with van der Waals surface area (Å²) < 4.78 is 31.8. The van der Waals surface area contributed by atoms with Gasteiger partial charge in [-0.2, -0.15) is 0 Å². The summed E-state index contributed by atoms with van der Waals surface area (Å²) in [5.74, 6) is -1.23. The van der Waals surface area contributed by atoms with E-state index in [1.165, 1.54) is 11.3 Å². The minimum atomic E-state index is -4.05. The molecule has 0 spiro atoms. The van der Waals surface area contributed by atoms with Gasteiger partial charge in [-0.15, -0.1) is 11.3 Å². The Hall–Kier alpha value is -3.98. The Balaban J connectivity index is 1.19. The van der Waals surface area contributed by atoms with Crippen molar-refractivity contribution in [1.82, 2.24) is 14.6 Å². The number of hydrogen-bond acceptors (Lipinski definition) is 10. The zero-order chi connectivity index (χ0) is 31.9. The smallest absolute Gasteiger partial charge is 0.425 e. The van der Waals surface area contributed by atoms with Crippen LogP contribution in [0.25, 0.3) is 11.3 Å². The van der Waals surface area contributed by atoms with Crippen LogP contribution in [0.4, 0.5) is 15.3 Å². The van der Waals surface area contributed by atoms with Gasteiger partial charge in [0.1, 0.15) is 6.09 Å². The van der Waals surface area contributed by atoms with Gasteiger partial charge in [0, 0.05) is 48.5 Å². The number of hydrogen-bond donors (Lipinski definition) is 3. The number of nitrogens with zero attached hydrogens (tertiary/aromatic N) is 2. The fourth-order valence-corrected chi connectivity index (χ4v) is 7.86. The highest BCUT2D eigenvalue weighted by Gasteiger charge is 2.56. The van der Waals surface area contributed by atoms with E-state index in [-0.39, 0.29) is 18.2 Å². The normalized spacial score (nSPS) is 18.9. The number of nitrogens with one attached hydrogen (secondary N) is 2. The highest BCUT2D eigenvalue weighted by molar-refractivity contribution is 7.91. The summed E-state index contributed by atoms with van der Waals surface area (Å²) >= 11 is 1.28. The standard InChI is InChI=1S/C29H37N5O8S2/c1-34(26(36)22-11-7-10-21(22)25(30)35)14-4-2-3-5-15-42-28(39)33-44(40,41)29(12-13-29)17-24-32-23(18-43-24)19-8-6-9-20(16-19)31-27(37)38/h5-6,8-9,15-16,18,21-22,31H,2-4,7,10-14,17H2,1H3,(H2,30,35)(H,33,39)(H,37,38)/p-1/b15-5-/t21-,22-/m1/s1. The van der Waals surface area contributed by atoms with E-state index >= 15 is 0 Å². The van der Waals surface area contributed by atoms with E-state index in [2.05, 4.69) is 10.3 Å². The SMILES string of the molecule is CN(CCCC/C=C\OC(=O)NS(=O)(=O)C1(Cc2nc(-c3cccc(NC(=O)[O-])c3)cs2)CC1)C(=O)[C@@H]1CCC[C@H]1C(N)=O. The number of benzene rings is 1. The monoisotopic (exact) mass is 646 g/mol. The van der Waals surface area contributed by atoms with Gasteiger partial charge in [-0.1, -0.05) is 18.6 Å². The third-order valence-corrected chi connectivity index (χ3v) is 11.0. The average molecular weight is 647 g/mol. The Morgan fingerprint density at radius 1 is 1.20 bits per heavy atom. The van der Waals surface area contributed by atoms with Crippen molar-refractivity contribution in [3.05, 3.63) is 47.0 Å². The van der Waals surface area contributed by atoms with Crippen LogP contribution in [-0.4, -0.2) is 60.6 Å². The number of carboxylic acid groups (broad SMARTS) is 1. The lowest BCUT2D eigenvalue weighted by molar-refractivity contribution is -0.242. The number of unbranched alkanes of at least 4 members (excludes halogenated alkanes) is 2. The predicted octanol–water partition coefficient (Wildman–Crippen LogP) is 2.74. The molecule has 2 fully saturated rings. The van der Waals surface area contributed by atoms with Crippen molar-refractivity contribution in [2.75, 3.05) is 18.9 Å². The van der Waals surface area contributed by atoms with Crippen molar-refractivity contribution in [3.8, 4) is 11.3 Å². The molecular formula is C29H36N5O8S2-. The van der Waals surface area contributed by atoms with Crippen molar-refractivity contribution >= 4 is 51.0 Å². The molecule has 1 aromatic heterocycles. The zero-order valence-electron chi connectivity index (χ0n) is 24.3. The number of nitrogens with two attached hydrogens (primary N) is 1. The second-order valence-corrected chi connectivity index (χ2v) is 14.2. The molecule has 2 saturated carbocycles. The molecule has 4 amide bonds. The van der Waals surface area contributed by atoms with Crippen LogP contribution >= 0.6 is 11.3 Å². The number of rotatable bonds is 14. The average Bonchev–Trinajstić information content (AvgIpc) is 3.36. The lowest BCUT2D eigenvalue weighted by Gasteiger charge is -2.23. The lowest BCUT2D eigenvalue weighted by Crippen LogP contribution is -2.40. The molecule has 1 heterocycles. The highest BCUT2D eigenvalue weighted by Crippen LogP contribution is 2.46. The Kier molecular flexibility index (Phi) is 10.6. The first-order chi connectivity index (χ1) is 20.9. The van der Waals surface area contributed by atoms with E-state index in [1.807, 2.05) is 4.72 Å². The van der Waals surface area contributed by atoms with Gasteiger partial charge in [0.25, 0.3) is 0 Å². The third kappa shape index (κ3) is 8.34. The molecule has 4 N–H and O–H groups in total. The highest BCUT2D eigenvalue weighted by atomic mass is 32.2. The summed E-state index contributed by atoms with van der Waals surface area (Å²) in [5, 5.41) is 15.3. The van der Waals surface area contributed by atoms with Gasteiger partial charge in [0.15, 0.2) is 0 Å². The minimum absolute atomic E-state index is 0.0648. The summed E-state index contributed by atoms with van der Waals surface area (Å²) in [6.07, 6.45) is 5.17. The van der Waals surface area contributed by atoms with Crippen LogP contribution in [0.3, 0.4) is 0 Å². The predicted molar refractivity (Wildman–Crippen MR) is 161 cm³/mol. The van der Waals surface area contributed by atoms with E-state index < -0.39 is 38.8 Å². The molecule has 2 aromatic rings. The number of sulfonamides is 1. The van der Waals surface area contributed by atoms with Gasteiger partial charge in [0.05, 0.1) is 21.7 Å². The molecule has 13 nitrogen and oxygen atoms in total. The molecule has 44 heavy (non-hydrogen) atoms. The van der Waals surface area contributed by atoms with Crippen LogP contribution in [-0.2, 0) is 30.8 Å². The van der Waals surface area contributed by atoms with Crippen molar-refractivity contribution in [2.45, 2.75) is 62.5 Å². The molecule has 0 unspecified atom stereocenters. The van der Waals surface area contributed by atoms with Crippen molar-refractivity contribution in [1.29, 1.82) is 0 Å². The van der Waals surface area contributed by atoms with Gasteiger partial charge in [-0.3, -0.25) is 9.59 Å². The summed E-state index contributed by atoms with van der Waals surface area (Å²) in [7, 11) is -2.34. The molecule has 2 aliphatic rings. The second-order valence-electron chi connectivity index (χ2n) is 11.2. The van der Waals surface area contributed by atoms with Crippen LogP contribution in [0, 0.1) is 11.8 Å². The van der Waals surface area contributed by atoms with Gasteiger partial charge in [0.2, 0.25) is 21.8 Å². The van der Waals surface area contributed by atoms with Crippen LogP contribution < -0.4 is 20.9 Å². The molecule has 238 valence electrons. The van der Waals surface area contributed by atoms with Crippen molar-refractivity contribution < 1.29 is 37.4 Å². The number of allylic oxidation sites excluding steroid dienone is 1. The number of ether oxygens (including phenoxy) is 1. The Labute approximate surface area is 259 Å². The number of anilines is 1. The molecule has 2 atom stereocenters. The number of amides is 4. The maximum absolute atomic E-state index is 13.0. The van der Waals surface area contributed by atoms with Gasteiger partial charge >= 0.3 is 6.09 Å². The molecular weight excluding hydrogens is 610 g/mol. The van der Waals surface area contributed by atoms with Crippen LogP contribution in [0.2, 0.25) is 0 Å². The number of carbonyl (C=O) groups excluding carboxylic acids is 4. The molecule has 4 rings (SSSR count). The van der Waals surface area contributed by atoms with E-state index in [4.69, 9.17) is 10.5 Å². The quantitative estimate of drug-likeness (QED) is 0.204. The van der Waals surface area contributed by atoms with Gasteiger partial charge < -0.3 is 30.6 Å². The minimum Gasteiger partial charge on any atom is -0.530 e. The maximum atomic E-state index is 13.0. The Bertz CT molecular complexity index is 1520. The molecule has 15 heteroatoms. The van der Waals surface area contributed by atoms with Crippen molar-refractivity contribution in [2.24, 2.45) is 17.6 Å². The number of carbonyl (C=O) groups is 4. The zero-order valence-corrected chi connectivity index (χ0v) is 26.0. The molecule has 0 bridgehead atoms. The third-order valence-electron chi connectivity index (χ3n) is 7.99.